The van der Waals surface area contributed by atoms with Crippen LogP contribution >= 0.6 is 11.6 Å². The average molecular weight is 356 g/mol. The molecule has 7 heteroatoms. The van der Waals surface area contributed by atoms with Crippen LogP contribution < -0.4 is 0 Å². The zero-order valence-corrected chi connectivity index (χ0v) is 14.9. The first-order valence-corrected chi connectivity index (χ1v) is 9.01. The number of halogens is 1. The number of carbonyl (C=O) groups excluding carboxylic acids is 1. The first-order valence-electron chi connectivity index (χ1n) is 8.63. The lowest BCUT2D eigenvalue weighted by Crippen LogP contribution is -2.36. The molecular formula is C17H26ClN3O3. The average Bonchev–Trinajstić information content (AvgIpc) is 3.12. The van der Waals surface area contributed by atoms with Crippen LogP contribution in [-0.4, -0.2) is 85.2 Å². The molecule has 2 saturated heterocycles. The van der Waals surface area contributed by atoms with Gasteiger partial charge in [0.25, 0.3) is 5.91 Å². The highest BCUT2D eigenvalue weighted by Gasteiger charge is 2.37. The van der Waals surface area contributed by atoms with Crippen molar-refractivity contribution in [2.75, 3.05) is 59.5 Å². The van der Waals surface area contributed by atoms with Gasteiger partial charge in [-0.05, 0) is 56.2 Å². The molecule has 0 aliphatic carbocycles. The van der Waals surface area contributed by atoms with Gasteiger partial charge in [-0.15, -0.1) is 0 Å². The Labute approximate surface area is 147 Å². The molecule has 24 heavy (non-hydrogen) atoms. The molecule has 2 unspecified atom stereocenters. The van der Waals surface area contributed by atoms with Crippen molar-refractivity contribution in [1.82, 2.24) is 14.7 Å². The lowest BCUT2D eigenvalue weighted by atomic mass is 9.96. The highest BCUT2D eigenvalue weighted by molar-refractivity contribution is 6.29. The number of rotatable bonds is 4. The van der Waals surface area contributed by atoms with Crippen molar-refractivity contribution in [3.8, 4) is 0 Å². The largest absolute Gasteiger partial charge is 0.440 e. The van der Waals surface area contributed by atoms with Crippen molar-refractivity contribution < 1.29 is 14.3 Å². The standard InChI is InChI=1S/C17H26ClN3O3/c1-19-5-2-6-20(8-7-19)9-13-10-21(11-14(13)12-22)17(23)15-3-4-16(18)24-15/h3-4,13-14,22H,2,5-12H2,1H3. The third-order valence-corrected chi connectivity index (χ3v) is 5.39. The maximum absolute atomic E-state index is 12.5. The minimum Gasteiger partial charge on any atom is -0.440 e. The number of nitrogens with zero attached hydrogens (tertiary/aromatic N) is 3. The molecule has 3 rings (SSSR count). The van der Waals surface area contributed by atoms with E-state index in [1.54, 1.807) is 17.0 Å². The summed E-state index contributed by atoms with van der Waals surface area (Å²) in [5.74, 6) is 0.556. The van der Waals surface area contributed by atoms with Crippen LogP contribution in [0.4, 0.5) is 0 Å². The minimum absolute atomic E-state index is 0.112. The fraction of sp³-hybridized carbons (Fsp3) is 0.706. The van der Waals surface area contributed by atoms with E-state index in [4.69, 9.17) is 16.0 Å². The number of furan rings is 1. The summed E-state index contributed by atoms with van der Waals surface area (Å²) in [6, 6.07) is 3.19. The molecule has 134 valence electrons. The van der Waals surface area contributed by atoms with E-state index in [9.17, 15) is 9.90 Å². The van der Waals surface area contributed by atoms with Gasteiger partial charge in [-0.1, -0.05) is 0 Å². The van der Waals surface area contributed by atoms with Crippen LogP contribution in [0.2, 0.25) is 5.22 Å². The zero-order chi connectivity index (χ0) is 17.1. The molecule has 1 aromatic rings. The molecule has 0 aromatic carbocycles. The van der Waals surface area contributed by atoms with Gasteiger partial charge in [-0.3, -0.25) is 4.79 Å². The third-order valence-electron chi connectivity index (χ3n) is 5.19. The summed E-state index contributed by atoms with van der Waals surface area (Å²) >= 11 is 5.76. The summed E-state index contributed by atoms with van der Waals surface area (Å²) in [4.78, 5) is 19.1. The lowest BCUT2D eigenvalue weighted by Gasteiger charge is -2.26. The highest BCUT2D eigenvalue weighted by atomic mass is 35.5. The SMILES string of the molecule is CN1CCCN(CC2CN(C(=O)c3ccc(Cl)o3)CC2CO)CC1. The summed E-state index contributed by atoms with van der Waals surface area (Å²) < 4.78 is 5.24. The van der Waals surface area contributed by atoms with Crippen molar-refractivity contribution in [3.63, 3.8) is 0 Å². The first-order chi connectivity index (χ1) is 11.6. The number of aliphatic hydroxyl groups excluding tert-OH is 1. The first kappa shape index (κ1) is 17.7. The van der Waals surface area contributed by atoms with Gasteiger partial charge in [0.2, 0.25) is 0 Å². The monoisotopic (exact) mass is 355 g/mol. The van der Waals surface area contributed by atoms with Crippen LogP contribution in [0.15, 0.2) is 16.5 Å². The van der Waals surface area contributed by atoms with Gasteiger partial charge < -0.3 is 24.2 Å². The summed E-state index contributed by atoms with van der Waals surface area (Å²) in [5, 5.41) is 9.95. The number of likely N-dealkylation sites (tertiary alicyclic amines) is 1. The van der Waals surface area contributed by atoms with E-state index in [1.807, 2.05) is 0 Å². The van der Waals surface area contributed by atoms with E-state index >= 15 is 0 Å². The van der Waals surface area contributed by atoms with E-state index in [-0.39, 0.29) is 29.4 Å². The molecule has 1 N–H and O–H groups in total. The Morgan fingerprint density at radius 3 is 2.75 bits per heavy atom. The molecule has 1 amide bonds. The Morgan fingerprint density at radius 2 is 2.04 bits per heavy atom. The Balaban J connectivity index is 1.60. The molecule has 3 heterocycles. The van der Waals surface area contributed by atoms with E-state index in [0.717, 1.165) is 32.7 Å². The second kappa shape index (κ2) is 7.87. The van der Waals surface area contributed by atoms with E-state index in [2.05, 4.69) is 16.8 Å². The maximum Gasteiger partial charge on any atom is 0.289 e. The van der Waals surface area contributed by atoms with Crippen LogP contribution in [0.1, 0.15) is 17.0 Å². The second-order valence-corrected chi connectivity index (χ2v) is 7.35. The molecular weight excluding hydrogens is 330 g/mol. The molecule has 0 bridgehead atoms. The lowest BCUT2D eigenvalue weighted by molar-refractivity contribution is 0.0747. The van der Waals surface area contributed by atoms with Crippen molar-refractivity contribution >= 4 is 17.5 Å². The smallest absolute Gasteiger partial charge is 0.289 e. The molecule has 2 fully saturated rings. The summed E-state index contributed by atoms with van der Waals surface area (Å²) in [6.07, 6.45) is 1.17. The van der Waals surface area contributed by atoms with Crippen LogP contribution in [-0.2, 0) is 0 Å². The number of hydrogen-bond donors (Lipinski definition) is 1. The summed E-state index contributed by atoms with van der Waals surface area (Å²) in [6.45, 7) is 6.62. The number of aliphatic hydroxyl groups is 1. The molecule has 0 radical (unpaired) electrons. The van der Waals surface area contributed by atoms with E-state index in [1.165, 1.54) is 6.42 Å². The normalized spacial score (nSPS) is 26.7. The number of carbonyl (C=O) groups is 1. The fourth-order valence-corrected chi connectivity index (χ4v) is 3.86. The molecule has 0 spiro atoms. The number of hydrogen-bond acceptors (Lipinski definition) is 5. The van der Waals surface area contributed by atoms with Gasteiger partial charge in [0.05, 0.1) is 0 Å². The maximum atomic E-state index is 12.5. The van der Waals surface area contributed by atoms with Crippen molar-refractivity contribution in [2.24, 2.45) is 11.8 Å². The van der Waals surface area contributed by atoms with E-state index < -0.39 is 0 Å². The van der Waals surface area contributed by atoms with Gasteiger partial charge in [0, 0.05) is 45.2 Å². The summed E-state index contributed by atoms with van der Waals surface area (Å²) in [5.41, 5.74) is 0. The van der Waals surface area contributed by atoms with Crippen LogP contribution in [0.5, 0.6) is 0 Å². The molecule has 2 atom stereocenters. The van der Waals surface area contributed by atoms with Crippen molar-refractivity contribution in [2.45, 2.75) is 6.42 Å². The number of amides is 1. The Hall–Kier alpha value is -1.08. The van der Waals surface area contributed by atoms with E-state index in [0.29, 0.717) is 19.0 Å². The van der Waals surface area contributed by atoms with Gasteiger partial charge in [0.1, 0.15) is 0 Å². The number of likely N-dealkylation sites (N-methyl/N-ethyl adjacent to an activating group) is 1. The quantitative estimate of drug-likeness (QED) is 0.881. The van der Waals surface area contributed by atoms with Gasteiger partial charge in [-0.25, -0.2) is 0 Å². The Kier molecular flexibility index (Phi) is 5.81. The molecule has 0 saturated carbocycles. The summed E-state index contributed by atoms with van der Waals surface area (Å²) in [7, 11) is 2.16. The van der Waals surface area contributed by atoms with Crippen LogP contribution in [0, 0.1) is 11.8 Å². The molecule has 6 nitrogen and oxygen atoms in total. The Bertz CT molecular complexity index is 565. The topological polar surface area (TPSA) is 60.2 Å². The highest BCUT2D eigenvalue weighted by Crippen LogP contribution is 2.27. The second-order valence-electron chi connectivity index (χ2n) is 6.97. The third kappa shape index (κ3) is 4.11. The van der Waals surface area contributed by atoms with Gasteiger partial charge in [0.15, 0.2) is 11.0 Å². The predicted molar refractivity (Wildman–Crippen MR) is 92.2 cm³/mol. The minimum atomic E-state index is -0.140. The van der Waals surface area contributed by atoms with Crippen LogP contribution in [0.3, 0.4) is 0 Å². The van der Waals surface area contributed by atoms with Gasteiger partial charge in [-0.2, -0.15) is 0 Å². The van der Waals surface area contributed by atoms with Crippen molar-refractivity contribution in [1.29, 1.82) is 0 Å². The van der Waals surface area contributed by atoms with Gasteiger partial charge >= 0.3 is 0 Å². The van der Waals surface area contributed by atoms with Crippen molar-refractivity contribution in [3.05, 3.63) is 23.1 Å². The predicted octanol–water partition coefficient (Wildman–Crippen LogP) is 1.25. The van der Waals surface area contributed by atoms with Crippen LogP contribution in [0.25, 0.3) is 0 Å². The Morgan fingerprint density at radius 1 is 1.25 bits per heavy atom. The fourth-order valence-electron chi connectivity index (χ4n) is 3.72. The molecule has 2 aliphatic heterocycles. The molecule has 1 aromatic heterocycles. The zero-order valence-electron chi connectivity index (χ0n) is 14.2. The molecule has 2 aliphatic rings.